The number of carbonyl (C=O) groups excluding carboxylic acids is 2. The van der Waals surface area contributed by atoms with Crippen molar-refractivity contribution in [2.75, 3.05) is 13.7 Å². The van der Waals surface area contributed by atoms with Crippen molar-refractivity contribution in [1.29, 1.82) is 0 Å². The van der Waals surface area contributed by atoms with Gasteiger partial charge in [-0.05, 0) is 71.6 Å². The van der Waals surface area contributed by atoms with Gasteiger partial charge in [0.2, 0.25) is 0 Å². The van der Waals surface area contributed by atoms with Gasteiger partial charge in [-0.15, -0.1) is 0 Å². The lowest BCUT2D eigenvalue weighted by molar-refractivity contribution is 0.00578. The molecule has 0 unspecified atom stereocenters. The second-order valence-corrected chi connectivity index (χ2v) is 9.43. The predicted molar refractivity (Wildman–Crippen MR) is 118 cm³/mol. The third-order valence-electron chi connectivity index (χ3n) is 5.24. The highest BCUT2D eigenvalue weighted by Gasteiger charge is 2.52. The summed E-state index contributed by atoms with van der Waals surface area (Å²) in [4.78, 5) is 23.8. The molecule has 31 heavy (non-hydrogen) atoms. The molecular formula is C22H32BNO7. The maximum absolute atomic E-state index is 12.2. The molecule has 0 radical (unpaired) electrons. The van der Waals surface area contributed by atoms with E-state index in [1.54, 1.807) is 26.8 Å². The number of carbonyl (C=O) groups is 2. The highest BCUT2D eigenvalue weighted by molar-refractivity contribution is 6.56. The van der Waals surface area contributed by atoms with Gasteiger partial charge in [-0.2, -0.15) is 0 Å². The minimum absolute atomic E-state index is 0.0524. The molecule has 2 N–H and O–H groups in total. The highest BCUT2D eigenvalue weighted by Crippen LogP contribution is 2.39. The number of methoxy groups -OCH3 is 1. The highest BCUT2D eigenvalue weighted by atomic mass is 16.7. The fourth-order valence-electron chi connectivity index (χ4n) is 2.88. The van der Waals surface area contributed by atoms with E-state index in [0.29, 0.717) is 22.9 Å². The van der Waals surface area contributed by atoms with Crippen LogP contribution in [0.2, 0.25) is 0 Å². The van der Waals surface area contributed by atoms with Crippen molar-refractivity contribution in [3.05, 3.63) is 28.7 Å². The Kier molecular flexibility index (Phi) is 7.12. The number of benzene rings is 1. The number of ether oxygens (including phenoxy) is 2. The van der Waals surface area contributed by atoms with Crippen LogP contribution >= 0.6 is 0 Å². The summed E-state index contributed by atoms with van der Waals surface area (Å²) in [6.07, 6.45) is 1.72. The van der Waals surface area contributed by atoms with Gasteiger partial charge in [0.1, 0.15) is 5.60 Å². The Morgan fingerprint density at radius 3 is 2.23 bits per heavy atom. The molecule has 0 aliphatic carbocycles. The molecule has 8 nitrogen and oxygen atoms in total. The van der Waals surface area contributed by atoms with Crippen LogP contribution in [0, 0.1) is 0 Å². The summed E-state index contributed by atoms with van der Waals surface area (Å²) < 4.78 is 22.6. The van der Waals surface area contributed by atoms with Gasteiger partial charge in [0, 0.05) is 12.1 Å². The first-order chi connectivity index (χ1) is 14.2. The number of aldehydes is 1. The van der Waals surface area contributed by atoms with Gasteiger partial charge in [0.15, 0.2) is 17.8 Å². The molecule has 2 rings (SSSR count). The Balaban J connectivity index is 2.42. The van der Waals surface area contributed by atoms with Crippen LogP contribution in [0.5, 0.6) is 11.5 Å². The SMILES string of the molecule is COc1cc(C=O)c(C=C(CNC(=O)OC(C)(C)C)B2OC(C)(C)C(C)(C)O2)cc1O. The number of hydrogen-bond donors (Lipinski definition) is 2. The summed E-state index contributed by atoms with van der Waals surface area (Å²) in [5.74, 6) is 0.0658. The quantitative estimate of drug-likeness (QED) is 0.520. The second-order valence-electron chi connectivity index (χ2n) is 9.43. The van der Waals surface area contributed by atoms with Crippen LogP contribution in [-0.4, -0.2) is 55.1 Å². The molecule has 1 heterocycles. The summed E-state index contributed by atoms with van der Waals surface area (Å²) in [7, 11) is 0.628. The lowest BCUT2D eigenvalue weighted by atomic mass is 9.76. The van der Waals surface area contributed by atoms with Crippen LogP contribution in [0.1, 0.15) is 64.4 Å². The molecule has 1 aromatic rings. The van der Waals surface area contributed by atoms with Gasteiger partial charge in [0.05, 0.1) is 18.3 Å². The summed E-state index contributed by atoms with van der Waals surface area (Å²) in [5, 5.41) is 12.9. The summed E-state index contributed by atoms with van der Waals surface area (Å²) in [5.41, 5.74) is -0.552. The number of aromatic hydroxyl groups is 1. The van der Waals surface area contributed by atoms with E-state index < -0.39 is 30.0 Å². The van der Waals surface area contributed by atoms with E-state index in [9.17, 15) is 14.7 Å². The zero-order valence-corrected chi connectivity index (χ0v) is 19.5. The summed E-state index contributed by atoms with van der Waals surface area (Å²) in [6.45, 7) is 13.0. The first kappa shape index (κ1) is 24.8. The molecule has 1 aromatic carbocycles. The van der Waals surface area contributed by atoms with Gasteiger partial charge in [-0.1, -0.05) is 6.08 Å². The Bertz CT molecular complexity index is 855. The zero-order chi connectivity index (χ0) is 23.6. The largest absolute Gasteiger partial charge is 0.504 e. The number of phenolic OH excluding ortho intramolecular Hbond substituents is 1. The number of hydrogen-bond acceptors (Lipinski definition) is 7. The first-order valence-corrected chi connectivity index (χ1v) is 10.1. The van der Waals surface area contributed by atoms with Crippen molar-refractivity contribution in [2.24, 2.45) is 0 Å². The monoisotopic (exact) mass is 433 g/mol. The Morgan fingerprint density at radius 2 is 1.74 bits per heavy atom. The fraction of sp³-hybridized carbons (Fsp3) is 0.545. The summed E-state index contributed by atoms with van der Waals surface area (Å²) in [6, 6.07) is 2.86. The molecule has 0 atom stereocenters. The van der Waals surface area contributed by atoms with E-state index >= 15 is 0 Å². The smallest absolute Gasteiger partial charge is 0.492 e. The van der Waals surface area contributed by atoms with Crippen LogP contribution in [0.3, 0.4) is 0 Å². The van der Waals surface area contributed by atoms with E-state index in [2.05, 4.69) is 5.32 Å². The molecule has 0 spiro atoms. The average molecular weight is 433 g/mol. The van der Waals surface area contributed by atoms with Gasteiger partial charge in [-0.3, -0.25) is 4.79 Å². The number of alkyl carbamates (subject to hydrolysis) is 1. The molecule has 1 fully saturated rings. The van der Waals surface area contributed by atoms with Crippen molar-refractivity contribution >= 4 is 25.6 Å². The molecule has 0 aromatic heterocycles. The van der Waals surface area contributed by atoms with Crippen LogP contribution in [-0.2, 0) is 14.0 Å². The topological polar surface area (TPSA) is 103 Å². The van der Waals surface area contributed by atoms with Gasteiger partial charge in [0.25, 0.3) is 0 Å². The van der Waals surface area contributed by atoms with E-state index in [1.807, 2.05) is 27.7 Å². The minimum Gasteiger partial charge on any atom is -0.504 e. The van der Waals surface area contributed by atoms with Gasteiger partial charge in [-0.25, -0.2) is 4.79 Å². The number of phenols is 1. The molecule has 1 amide bonds. The standard InChI is InChI=1S/C22H32BNO7/c1-20(2,3)29-19(27)24-12-16(23-30-21(4,5)22(6,7)31-23)9-14-10-17(26)18(28-8)11-15(14)13-25/h9-11,13,26H,12H2,1-8H3,(H,24,27). The number of rotatable bonds is 6. The van der Waals surface area contributed by atoms with Crippen molar-refractivity contribution < 1.29 is 33.5 Å². The van der Waals surface area contributed by atoms with Crippen LogP contribution < -0.4 is 10.1 Å². The molecule has 0 saturated carbocycles. The zero-order valence-electron chi connectivity index (χ0n) is 19.5. The lowest BCUT2D eigenvalue weighted by Gasteiger charge is -2.32. The lowest BCUT2D eigenvalue weighted by Crippen LogP contribution is -2.41. The van der Waals surface area contributed by atoms with Crippen LogP contribution in [0.4, 0.5) is 4.79 Å². The third kappa shape index (κ3) is 6.01. The van der Waals surface area contributed by atoms with Gasteiger partial charge >= 0.3 is 13.2 Å². The Morgan fingerprint density at radius 1 is 1.16 bits per heavy atom. The van der Waals surface area contributed by atoms with Crippen molar-refractivity contribution in [3.63, 3.8) is 0 Å². The van der Waals surface area contributed by atoms with E-state index in [4.69, 9.17) is 18.8 Å². The minimum atomic E-state index is -0.774. The summed E-state index contributed by atoms with van der Waals surface area (Å²) >= 11 is 0. The fourth-order valence-corrected chi connectivity index (χ4v) is 2.88. The molecule has 1 saturated heterocycles. The molecule has 0 bridgehead atoms. The maximum atomic E-state index is 12.2. The predicted octanol–water partition coefficient (Wildman–Crippen LogP) is 3.75. The van der Waals surface area contributed by atoms with E-state index in [1.165, 1.54) is 19.2 Å². The molecule has 1 aliphatic rings. The van der Waals surface area contributed by atoms with E-state index in [0.717, 1.165) is 0 Å². The number of amides is 1. The van der Waals surface area contributed by atoms with Crippen LogP contribution in [0.15, 0.2) is 17.6 Å². The molecule has 1 aliphatic heterocycles. The second kappa shape index (κ2) is 8.92. The van der Waals surface area contributed by atoms with Crippen molar-refractivity contribution in [2.45, 2.75) is 65.3 Å². The first-order valence-electron chi connectivity index (χ1n) is 10.1. The Hall–Kier alpha value is -2.52. The van der Waals surface area contributed by atoms with E-state index in [-0.39, 0.29) is 18.0 Å². The normalized spacial score (nSPS) is 17.9. The Labute approximate surface area is 184 Å². The molecular weight excluding hydrogens is 401 g/mol. The third-order valence-corrected chi connectivity index (χ3v) is 5.24. The van der Waals surface area contributed by atoms with Crippen LogP contribution in [0.25, 0.3) is 6.08 Å². The van der Waals surface area contributed by atoms with Crippen molar-refractivity contribution in [3.8, 4) is 11.5 Å². The molecule has 9 heteroatoms. The molecule has 170 valence electrons. The number of nitrogens with one attached hydrogen (secondary N) is 1. The van der Waals surface area contributed by atoms with Gasteiger partial charge < -0.3 is 29.2 Å². The van der Waals surface area contributed by atoms with Crippen molar-refractivity contribution in [1.82, 2.24) is 5.32 Å². The maximum Gasteiger partial charge on any atom is 0.492 e. The average Bonchev–Trinajstić information content (AvgIpc) is 2.84.